The summed E-state index contributed by atoms with van der Waals surface area (Å²) in [4.78, 5) is 25.3. The molecule has 1 amide bonds. The molecule has 2 saturated heterocycles. The Balaban J connectivity index is 1.59. The first-order valence-electron chi connectivity index (χ1n) is 9.85. The highest BCUT2D eigenvalue weighted by molar-refractivity contribution is 5.99. The van der Waals surface area contributed by atoms with Crippen LogP contribution in [0.15, 0.2) is 36.4 Å². The molecule has 2 aliphatic heterocycles. The summed E-state index contributed by atoms with van der Waals surface area (Å²) in [5, 5.41) is 14.7. The van der Waals surface area contributed by atoms with Crippen LogP contribution < -0.4 is 5.32 Å². The maximum absolute atomic E-state index is 13.6. The molecule has 2 aliphatic rings. The van der Waals surface area contributed by atoms with Gasteiger partial charge in [0.1, 0.15) is 11.7 Å². The van der Waals surface area contributed by atoms with E-state index in [1.165, 1.54) is 18.2 Å². The van der Waals surface area contributed by atoms with Crippen LogP contribution in [-0.4, -0.2) is 41.5 Å². The van der Waals surface area contributed by atoms with Gasteiger partial charge in [0.2, 0.25) is 0 Å². The Kier molecular flexibility index (Phi) is 5.63. The zero-order chi connectivity index (χ0) is 21.3. The zero-order valence-corrected chi connectivity index (χ0v) is 16.1. The number of amides is 1. The molecule has 1 N–H and O–H groups in total. The van der Waals surface area contributed by atoms with E-state index in [2.05, 4.69) is 5.32 Å². The molecule has 9 heteroatoms. The number of carbonyl (C=O) groups is 1. The Morgan fingerprint density at radius 1 is 1.13 bits per heavy atom. The number of benzene rings is 2. The summed E-state index contributed by atoms with van der Waals surface area (Å²) in [7, 11) is 0. The number of nitro groups is 1. The van der Waals surface area contributed by atoms with E-state index in [1.54, 1.807) is 11.0 Å². The number of rotatable bonds is 5. The third-order valence-corrected chi connectivity index (χ3v) is 5.53. The van der Waals surface area contributed by atoms with Gasteiger partial charge >= 0.3 is 0 Å². The molecule has 2 aromatic rings. The third-order valence-electron chi connectivity index (χ3n) is 5.53. The fraction of sp³-hybridized carbons (Fsp3) is 0.381. The van der Waals surface area contributed by atoms with Crippen molar-refractivity contribution in [2.45, 2.75) is 31.4 Å². The van der Waals surface area contributed by atoms with E-state index in [9.17, 15) is 23.7 Å². The highest BCUT2D eigenvalue weighted by atomic mass is 19.2. The molecule has 30 heavy (non-hydrogen) atoms. The Hall–Kier alpha value is -3.07. The molecule has 2 unspecified atom stereocenters. The van der Waals surface area contributed by atoms with Crippen LogP contribution in [0.1, 0.15) is 41.3 Å². The topological polar surface area (TPSA) is 84.7 Å². The average molecular weight is 417 g/mol. The number of anilines is 1. The van der Waals surface area contributed by atoms with Gasteiger partial charge in [0.05, 0.1) is 11.0 Å². The monoisotopic (exact) mass is 417 g/mol. The minimum atomic E-state index is -0.949. The number of nitrogens with zero attached hydrogens (tertiary/aromatic N) is 2. The number of nitro benzene ring substituents is 1. The molecule has 2 heterocycles. The maximum atomic E-state index is 13.6. The maximum Gasteiger partial charge on any atom is 0.282 e. The lowest BCUT2D eigenvalue weighted by atomic mass is 10.0. The summed E-state index contributed by atoms with van der Waals surface area (Å²) in [6, 6.07) is 7.72. The van der Waals surface area contributed by atoms with Crippen LogP contribution >= 0.6 is 0 Å². The van der Waals surface area contributed by atoms with Crippen molar-refractivity contribution in [2.75, 3.05) is 25.0 Å². The van der Waals surface area contributed by atoms with Crippen molar-refractivity contribution in [3.05, 3.63) is 69.3 Å². The number of ether oxygens (including phenoxy) is 1. The van der Waals surface area contributed by atoms with Crippen molar-refractivity contribution in [1.29, 1.82) is 0 Å². The Labute approximate surface area is 171 Å². The van der Waals surface area contributed by atoms with Crippen molar-refractivity contribution < 1.29 is 23.2 Å². The molecule has 2 fully saturated rings. The molecule has 0 spiro atoms. The van der Waals surface area contributed by atoms with Crippen LogP contribution in [-0.2, 0) is 4.74 Å². The molecule has 0 aliphatic carbocycles. The molecule has 0 bridgehead atoms. The lowest BCUT2D eigenvalue weighted by Crippen LogP contribution is -2.28. The number of nitrogens with one attached hydrogen (secondary N) is 1. The van der Waals surface area contributed by atoms with Crippen LogP contribution in [0.3, 0.4) is 0 Å². The Morgan fingerprint density at radius 3 is 2.60 bits per heavy atom. The van der Waals surface area contributed by atoms with Crippen LogP contribution in [0.4, 0.5) is 20.2 Å². The molecule has 0 saturated carbocycles. The molecular weight excluding hydrogens is 396 g/mol. The lowest BCUT2D eigenvalue weighted by Gasteiger charge is -2.22. The van der Waals surface area contributed by atoms with Crippen molar-refractivity contribution >= 4 is 17.3 Å². The van der Waals surface area contributed by atoms with Gasteiger partial charge in [-0.05, 0) is 49.1 Å². The van der Waals surface area contributed by atoms with E-state index in [1.807, 2.05) is 0 Å². The van der Waals surface area contributed by atoms with E-state index in [0.717, 1.165) is 25.0 Å². The highest BCUT2D eigenvalue weighted by Crippen LogP contribution is 2.33. The smallest absolute Gasteiger partial charge is 0.282 e. The second-order valence-electron chi connectivity index (χ2n) is 7.49. The van der Waals surface area contributed by atoms with Gasteiger partial charge in [-0.2, -0.15) is 0 Å². The van der Waals surface area contributed by atoms with E-state index in [0.29, 0.717) is 37.4 Å². The summed E-state index contributed by atoms with van der Waals surface area (Å²) < 4.78 is 32.6. The van der Waals surface area contributed by atoms with Crippen molar-refractivity contribution in [1.82, 2.24) is 4.90 Å². The normalized spacial score (nSPS) is 21.1. The first-order valence-corrected chi connectivity index (χ1v) is 9.85. The number of likely N-dealkylation sites (tertiary alicyclic amines) is 1. The highest BCUT2D eigenvalue weighted by Gasteiger charge is 2.32. The van der Waals surface area contributed by atoms with Gasteiger partial charge in [-0.1, -0.05) is 6.07 Å². The summed E-state index contributed by atoms with van der Waals surface area (Å²) in [5.74, 6) is -2.24. The number of hydrogen-bond acceptors (Lipinski definition) is 5. The van der Waals surface area contributed by atoms with E-state index in [-0.39, 0.29) is 23.2 Å². The summed E-state index contributed by atoms with van der Waals surface area (Å²) >= 11 is 0. The standard InChI is InChI=1S/C21H21F2N3O4/c22-16-5-3-13(11-17(16)23)20-18(7-10-30-20)24-14-4-6-19(26(28)29)15(12-14)21(27)25-8-1-2-9-25/h3-6,11-12,18,20,24H,1-2,7-10H2. The lowest BCUT2D eigenvalue weighted by molar-refractivity contribution is -0.385. The van der Waals surface area contributed by atoms with Crippen LogP contribution in [0.2, 0.25) is 0 Å². The average Bonchev–Trinajstić information content (AvgIpc) is 3.41. The summed E-state index contributed by atoms with van der Waals surface area (Å²) in [6.07, 6.45) is 1.86. The van der Waals surface area contributed by atoms with Gasteiger partial charge in [0.25, 0.3) is 11.6 Å². The van der Waals surface area contributed by atoms with Gasteiger partial charge < -0.3 is 15.0 Å². The second-order valence-corrected chi connectivity index (χ2v) is 7.49. The number of carbonyl (C=O) groups excluding carboxylic acids is 1. The van der Waals surface area contributed by atoms with Gasteiger partial charge in [-0.15, -0.1) is 0 Å². The Morgan fingerprint density at radius 2 is 1.90 bits per heavy atom. The van der Waals surface area contributed by atoms with Crippen LogP contribution in [0, 0.1) is 21.7 Å². The quantitative estimate of drug-likeness (QED) is 0.586. The minimum Gasteiger partial charge on any atom is -0.379 e. The Bertz CT molecular complexity index is 979. The van der Waals surface area contributed by atoms with E-state index < -0.39 is 22.7 Å². The zero-order valence-electron chi connectivity index (χ0n) is 16.1. The van der Waals surface area contributed by atoms with Crippen molar-refractivity contribution in [3.63, 3.8) is 0 Å². The molecule has 2 aromatic carbocycles. The number of hydrogen-bond donors (Lipinski definition) is 1. The van der Waals surface area contributed by atoms with Crippen LogP contribution in [0.25, 0.3) is 0 Å². The molecule has 158 valence electrons. The minimum absolute atomic E-state index is 0.0372. The van der Waals surface area contributed by atoms with Crippen molar-refractivity contribution in [2.24, 2.45) is 0 Å². The second kappa shape index (κ2) is 8.35. The van der Waals surface area contributed by atoms with Gasteiger partial charge in [0.15, 0.2) is 11.6 Å². The molecular formula is C21H21F2N3O4. The van der Waals surface area contributed by atoms with Gasteiger partial charge in [-0.3, -0.25) is 14.9 Å². The van der Waals surface area contributed by atoms with Crippen molar-refractivity contribution in [3.8, 4) is 0 Å². The predicted octanol–water partition coefficient (Wildman–Crippen LogP) is 4.05. The SMILES string of the molecule is O=C(c1cc(NC2CCOC2c2ccc(F)c(F)c2)ccc1[N+](=O)[O-])N1CCCC1. The first-order chi connectivity index (χ1) is 14.4. The van der Waals surface area contributed by atoms with E-state index in [4.69, 9.17) is 4.74 Å². The fourth-order valence-electron chi connectivity index (χ4n) is 4.02. The third kappa shape index (κ3) is 3.97. The van der Waals surface area contributed by atoms with Gasteiger partial charge in [-0.25, -0.2) is 8.78 Å². The molecule has 0 aromatic heterocycles. The predicted molar refractivity (Wildman–Crippen MR) is 105 cm³/mol. The molecule has 2 atom stereocenters. The van der Waals surface area contributed by atoms with Gasteiger partial charge in [0, 0.05) is 31.5 Å². The van der Waals surface area contributed by atoms with E-state index >= 15 is 0 Å². The largest absolute Gasteiger partial charge is 0.379 e. The van der Waals surface area contributed by atoms with Crippen LogP contribution in [0.5, 0.6) is 0 Å². The summed E-state index contributed by atoms with van der Waals surface area (Å²) in [6.45, 7) is 1.60. The first kappa shape index (κ1) is 20.2. The molecule has 4 rings (SSSR count). The fourth-order valence-corrected chi connectivity index (χ4v) is 4.02. The molecule has 7 nitrogen and oxygen atoms in total. The molecule has 0 radical (unpaired) electrons. The summed E-state index contributed by atoms with van der Waals surface area (Å²) in [5.41, 5.74) is 0.831. The number of halogens is 2.